The van der Waals surface area contributed by atoms with Crippen LogP contribution in [0.25, 0.3) is 5.69 Å². The third-order valence-electron chi connectivity index (χ3n) is 3.26. The minimum atomic E-state index is -0.110. The molecule has 22 heavy (non-hydrogen) atoms. The molecular weight excluding hydrogens is 296 g/mol. The monoisotopic (exact) mass is 310 g/mol. The Bertz CT molecular complexity index is 821. The van der Waals surface area contributed by atoms with Gasteiger partial charge in [0, 0.05) is 42.6 Å². The van der Waals surface area contributed by atoms with Gasteiger partial charge in [-0.15, -0.1) is 0 Å². The molecule has 0 aliphatic rings. The van der Waals surface area contributed by atoms with E-state index in [2.05, 4.69) is 15.3 Å². The average molecular weight is 310 g/mol. The summed E-state index contributed by atoms with van der Waals surface area (Å²) in [7, 11) is 0. The van der Waals surface area contributed by atoms with Gasteiger partial charge in [0.25, 0.3) is 5.91 Å². The molecular formula is C16H14N4OS. The largest absolute Gasteiger partial charge is 0.348 e. The zero-order valence-electron chi connectivity index (χ0n) is 11.7. The number of imidazole rings is 1. The van der Waals surface area contributed by atoms with Gasteiger partial charge >= 0.3 is 0 Å². The fraction of sp³-hybridized carbons (Fsp3) is 0.0625. The topological polar surface area (TPSA) is 62.7 Å². The molecule has 6 heteroatoms. The highest BCUT2D eigenvalue weighted by Crippen LogP contribution is 2.10. The lowest BCUT2D eigenvalue weighted by atomic mass is 10.2. The molecule has 2 N–H and O–H groups in total. The number of pyridine rings is 1. The number of aromatic nitrogens is 3. The second kappa shape index (κ2) is 6.36. The summed E-state index contributed by atoms with van der Waals surface area (Å²) in [5.41, 5.74) is 2.54. The third-order valence-corrected chi connectivity index (χ3v) is 3.57. The first-order valence-electron chi connectivity index (χ1n) is 6.77. The van der Waals surface area contributed by atoms with E-state index in [0.717, 1.165) is 11.3 Å². The number of H-pyrrole nitrogens is 1. The Balaban J connectivity index is 1.69. The van der Waals surface area contributed by atoms with Crippen LogP contribution in [0.1, 0.15) is 15.9 Å². The van der Waals surface area contributed by atoms with E-state index in [1.807, 2.05) is 35.0 Å². The molecule has 0 atom stereocenters. The number of nitrogens with zero attached hydrogens (tertiary/aromatic N) is 2. The average Bonchev–Trinajstić information content (AvgIpc) is 3.00. The smallest absolute Gasteiger partial charge is 0.251 e. The van der Waals surface area contributed by atoms with Crippen LogP contribution in [0, 0.1) is 4.77 Å². The van der Waals surface area contributed by atoms with Gasteiger partial charge in [-0.1, -0.05) is 0 Å². The molecule has 0 fully saturated rings. The summed E-state index contributed by atoms with van der Waals surface area (Å²) in [5.74, 6) is -0.110. The van der Waals surface area contributed by atoms with E-state index in [1.54, 1.807) is 30.7 Å². The minimum Gasteiger partial charge on any atom is -0.348 e. The first-order chi connectivity index (χ1) is 10.7. The summed E-state index contributed by atoms with van der Waals surface area (Å²) < 4.78 is 2.46. The quantitative estimate of drug-likeness (QED) is 0.728. The molecule has 1 aromatic carbocycles. The molecule has 0 bridgehead atoms. The Hall–Kier alpha value is -2.73. The van der Waals surface area contributed by atoms with Crippen molar-refractivity contribution in [1.82, 2.24) is 19.9 Å². The summed E-state index contributed by atoms with van der Waals surface area (Å²) in [6.07, 6.45) is 7.03. The van der Waals surface area contributed by atoms with Crippen LogP contribution in [0.3, 0.4) is 0 Å². The van der Waals surface area contributed by atoms with Gasteiger partial charge < -0.3 is 10.3 Å². The van der Waals surface area contributed by atoms with Crippen LogP contribution < -0.4 is 5.32 Å². The van der Waals surface area contributed by atoms with Gasteiger partial charge in [-0.05, 0) is 54.2 Å². The van der Waals surface area contributed by atoms with Crippen LogP contribution in [-0.4, -0.2) is 20.4 Å². The predicted octanol–water partition coefficient (Wildman–Crippen LogP) is 2.86. The number of hydrogen-bond acceptors (Lipinski definition) is 3. The second-order valence-electron chi connectivity index (χ2n) is 4.72. The Morgan fingerprint density at radius 3 is 2.55 bits per heavy atom. The van der Waals surface area contributed by atoms with Gasteiger partial charge in [0.15, 0.2) is 4.77 Å². The van der Waals surface area contributed by atoms with Gasteiger partial charge in [-0.25, -0.2) is 0 Å². The van der Waals surface area contributed by atoms with Crippen molar-refractivity contribution in [2.24, 2.45) is 0 Å². The number of benzene rings is 1. The second-order valence-corrected chi connectivity index (χ2v) is 5.11. The minimum absolute atomic E-state index is 0.110. The summed E-state index contributed by atoms with van der Waals surface area (Å²) in [6, 6.07) is 11.0. The number of nitrogens with one attached hydrogen (secondary N) is 2. The number of carbonyl (C=O) groups excluding carboxylic acids is 1. The zero-order chi connectivity index (χ0) is 15.4. The van der Waals surface area contributed by atoms with E-state index in [-0.39, 0.29) is 5.91 Å². The molecule has 0 saturated heterocycles. The summed E-state index contributed by atoms with van der Waals surface area (Å²) in [4.78, 5) is 19.0. The lowest BCUT2D eigenvalue weighted by molar-refractivity contribution is 0.0951. The van der Waals surface area contributed by atoms with Gasteiger partial charge in [0.2, 0.25) is 0 Å². The molecule has 5 nitrogen and oxygen atoms in total. The Morgan fingerprint density at radius 2 is 1.91 bits per heavy atom. The van der Waals surface area contributed by atoms with Crippen molar-refractivity contribution < 1.29 is 4.79 Å². The number of hydrogen-bond donors (Lipinski definition) is 2. The fourth-order valence-electron chi connectivity index (χ4n) is 2.08. The van der Waals surface area contributed by atoms with Crippen LogP contribution in [0.4, 0.5) is 0 Å². The van der Waals surface area contributed by atoms with Crippen molar-refractivity contribution >= 4 is 18.1 Å². The van der Waals surface area contributed by atoms with Crippen molar-refractivity contribution in [3.05, 3.63) is 77.1 Å². The lowest BCUT2D eigenvalue weighted by Crippen LogP contribution is -2.22. The van der Waals surface area contributed by atoms with E-state index >= 15 is 0 Å². The van der Waals surface area contributed by atoms with Gasteiger partial charge in [-0.3, -0.25) is 14.3 Å². The van der Waals surface area contributed by atoms with E-state index in [0.29, 0.717) is 16.9 Å². The maximum atomic E-state index is 12.1. The molecule has 3 rings (SSSR count). The molecule has 0 unspecified atom stereocenters. The molecule has 3 aromatic rings. The van der Waals surface area contributed by atoms with Crippen molar-refractivity contribution in [3.63, 3.8) is 0 Å². The van der Waals surface area contributed by atoms with Crippen molar-refractivity contribution in [2.75, 3.05) is 0 Å². The lowest BCUT2D eigenvalue weighted by Gasteiger charge is -2.07. The van der Waals surface area contributed by atoms with Crippen molar-refractivity contribution in [1.29, 1.82) is 0 Å². The Kier molecular flexibility index (Phi) is 4.11. The van der Waals surface area contributed by atoms with Crippen LogP contribution >= 0.6 is 12.2 Å². The molecule has 0 spiro atoms. The predicted molar refractivity (Wildman–Crippen MR) is 86.4 cm³/mol. The number of carbonyl (C=O) groups is 1. The first-order valence-corrected chi connectivity index (χ1v) is 7.18. The molecule has 0 radical (unpaired) electrons. The molecule has 0 saturated carbocycles. The highest BCUT2D eigenvalue weighted by atomic mass is 32.1. The van der Waals surface area contributed by atoms with Gasteiger partial charge in [0.05, 0.1) is 0 Å². The molecule has 0 aliphatic carbocycles. The number of rotatable bonds is 4. The van der Waals surface area contributed by atoms with Crippen LogP contribution in [0.2, 0.25) is 0 Å². The van der Waals surface area contributed by atoms with Crippen molar-refractivity contribution in [2.45, 2.75) is 6.54 Å². The molecule has 110 valence electrons. The SMILES string of the molecule is O=C(NCc1ccncc1)c1ccc(-n2cc[nH]c2=S)cc1. The van der Waals surface area contributed by atoms with Crippen molar-refractivity contribution in [3.8, 4) is 5.69 Å². The highest BCUT2D eigenvalue weighted by molar-refractivity contribution is 7.71. The van der Waals surface area contributed by atoms with E-state index < -0.39 is 0 Å². The summed E-state index contributed by atoms with van der Waals surface area (Å²) >= 11 is 5.17. The Morgan fingerprint density at radius 1 is 1.18 bits per heavy atom. The summed E-state index contributed by atoms with van der Waals surface area (Å²) in [5, 5.41) is 2.88. The normalized spacial score (nSPS) is 10.4. The molecule has 0 aliphatic heterocycles. The van der Waals surface area contributed by atoms with E-state index in [4.69, 9.17) is 12.2 Å². The Labute approximate surface area is 132 Å². The molecule has 1 amide bonds. The van der Waals surface area contributed by atoms with Gasteiger partial charge in [-0.2, -0.15) is 0 Å². The fourth-order valence-corrected chi connectivity index (χ4v) is 2.32. The van der Waals surface area contributed by atoms with Crippen LogP contribution in [0.15, 0.2) is 61.2 Å². The molecule has 2 heterocycles. The zero-order valence-corrected chi connectivity index (χ0v) is 12.5. The van der Waals surface area contributed by atoms with E-state index in [1.165, 1.54) is 0 Å². The van der Waals surface area contributed by atoms with E-state index in [9.17, 15) is 4.79 Å². The maximum Gasteiger partial charge on any atom is 0.251 e. The van der Waals surface area contributed by atoms with Crippen LogP contribution in [-0.2, 0) is 6.54 Å². The maximum absolute atomic E-state index is 12.1. The number of aromatic amines is 1. The third kappa shape index (κ3) is 3.12. The van der Waals surface area contributed by atoms with Gasteiger partial charge in [0.1, 0.15) is 0 Å². The number of amides is 1. The molecule has 2 aromatic heterocycles. The standard InChI is InChI=1S/C16H14N4OS/c21-15(19-11-12-5-7-17-8-6-12)13-1-3-14(4-2-13)20-10-9-18-16(20)22/h1-10H,11H2,(H,18,22)(H,19,21). The summed E-state index contributed by atoms with van der Waals surface area (Å²) in [6.45, 7) is 0.478. The highest BCUT2D eigenvalue weighted by Gasteiger charge is 2.06. The van der Waals surface area contributed by atoms with Crippen LogP contribution in [0.5, 0.6) is 0 Å². The first kappa shape index (κ1) is 14.2.